The summed E-state index contributed by atoms with van der Waals surface area (Å²) in [5.74, 6) is 0.300. The van der Waals surface area contributed by atoms with Gasteiger partial charge >= 0.3 is 0 Å². The van der Waals surface area contributed by atoms with E-state index in [0.717, 1.165) is 0 Å². The van der Waals surface area contributed by atoms with Crippen LogP contribution in [0.15, 0.2) is 12.1 Å². The van der Waals surface area contributed by atoms with Crippen molar-refractivity contribution >= 4 is 12.0 Å². The van der Waals surface area contributed by atoms with Crippen LogP contribution in [0.3, 0.4) is 0 Å². The van der Waals surface area contributed by atoms with Crippen LogP contribution in [0.5, 0.6) is 5.75 Å². The number of rotatable bonds is 4. The molecule has 6 nitrogen and oxygen atoms in total. The fourth-order valence-electron chi connectivity index (χ4n) is 1.38. The van der Waals surface area contributed by atoms with Crippen molar-refractivity contribution in [2.75, 3.05) is 7.11 Å². The third kappa shape index (κ3) is 1.98. The lowest BCUT2D eigenvalue weighted by Crippen LogP contribution is -2.02. The number of nitro benzene ring substituents is 1. The molecule has 6 heteroatoms. The molecule has 0 radical (unpaired) electrons. The molecule has 0 amide bonds. The number of hydrogen-bond acceptors (Lipinski definition) is 5. The van der Waals surface area contributed by atoms with E-state index in [9.17, 15) is 14.9 Å². The van der Waals surface area contributed by atoms with E-state index in [1.807, 2.05) is 6.07 Å². The number of ether oxygens (including phenoxy) is 1. The molecule has 0 saturated heterocycles. The van der Waals surface area contributed by atoms with Gasteiger partial charge in [0, 0.05) is 11.6 Å². The van der Waals surface area contributed by atoms with Crippen molar-refractivity contribution in [1.29, 1.82) is 5.26 Å². The van der Waals surface area contributed by atoms with Crippen LogP contribution >= 0.6 is 0 Å². The molecule has 0 fully saturated rings. The summed E-state index contributed by atoms with van der Waals surface area (Å²) in [5, 5.41) is 19.3. The predicted molar refractivity (Wildman–Crippen MR) is 54.4 cm³/mol. The Morgan fingerprint density at radius 3 is 2.75 bits per heavy atom. The van der Waals surface area contributed by atoms with Crippen molar-refractivity contribution in [3.05, 3.63) is 33.4 Å². The van der Waals surface area contributed by atoms with Crippen molar-refractivity contribution < 1.29 is 14.5 Å². The highest BCUT2D eigenvalue weighted by molar-refractivity contribution is 5.85. The van der Waals surface area contributed by atoms with Crippen LogP contribution in [0.1, 0.15) is 15.9 Å². The van der Waals surface area contributed by atoms with Crippen LogP contribution in [-0.2, 0) is 6.42 Å². The molecule has 0 aliphatic rings. The number of carbonyl (C=O) groups is 1. The van der Waals surface area contributed by atoms with Crippen LogP contribution in [0, 0.1) is 21.4 Å². The van der Waals surface area contributed by atoms with Crippen LogP contribution in [-0.4, -0.2) is 18.3 Å². The van der Waals surface area contributed by atoms with Crippen molar-refractivity contribution in [1.82, 2.24) is 0 Å². The Balaban J connectivity index is 3.50. The highest BCUT2D eigenvalue weighted by atomic mass is 16.6. The summed E-state index contributed by atoms with van der Waals surface area (Å²) >= 11 is 0. The summed E-state index contributed by atoms with van der Waals surface area (Å²) in [4.78, 5) is 20.8. The molecule has 0 spiro atoms. The maximum Gasteiger partial charge on any atom is 0.280 e. The average Bonchev–Trinajstić information content (AvgIpc) is 2.28. The summed E-state index contributed by atoms with van der Waals surface area (Å²) < 4.78 is 4.94. The lowest BCUT2D eigenvalue weighted by molar-refractivity contribution is -0.385. The molecular weight excluding hydrogens is 212 g/mol. The third-order valence-electron chi connectivity index (χ3n) is 2.08. The van der Waals surface area contributed by atoms with Crippen LogP contribution in [0.25, 0.3) is 0 Å². The Kier molecular flexibility index (Phi) is 3.56. The maximum absolute atomic E-state index is 10.8. The smallest absolute Gasteiger partial charge is 0.280 e. The van der Waals surface area contributed by atoms with Gasteiger partial charge in [0.25, 0.3) is 5.69 Å². The molecule has 0 aliphatic heterocycles. The minimum atomic E-state index is -0.663. The first-order valence-corrected chi connectivity index (χ1v) is 4.32. The van der Waals surface area contributed by atoms with E-state index in [2.05, 4.69) is 0 Å². The predicted octanol–water partition coefficient (Wildman–Crippen LogP) is 1.48. The summed E-state index contributed by atoms with van der Waals surface area (Å²) in [6.07, 6.45) is 0.256. The van der Waals surface area contributed by atoms with E-state index in [-0.39, 0.29) is 23.2 Å². The number of nitro groups is 1. The molecule has 0 heterocycles. The summed E-state index contributed by atoms with van der Waals surface area (Å²) in [6, 6.07) is 4.39. The molecule has 0 unspecified atom stereocenters. The molecule has 0 saturated carbocycles. The third-order valence-corrected chi connectivity index (χ3v) is 2.08. The number of nitriles is 1. The SMILES string of the molecule is COc1ccc([N+](=O)[O-])c(C=O)c1CC#N. The van der Waals surface area contributed by atoms with Gasteiger partial charge in [0.15, 0.2) is 6.29 Å². The Morgan fingerprint density at radius 2 is 2.31 bits per heavy atom. The minimum Gasteiger partial charge on any atom is -0.496 e. The topological polar surface area (TPSA) is 93.2 Å². The van der Waals surface area contributed by atoms with E-state index in [1.54, 1.807) is 0 Å². The molecule has 0 aliphatic carbocycles. The number of carbonyl (C=O) groups excluding carboxylic acids is 1. The largest absolute Gasteiger partial charge is 0.496 e. The first-order chi connectivity index (χ1) is 7.65. The quantitative estimate of drug-likeness (QED) is 0.435. The van der Waals surface area contributed by atoms with Gasteiger partial charge in [0.1, 0.15) is 5.75 Å². The van der Waals surface area contributed by atoms with Gasteiger partial charge in [0.05, 0.1) is 30.1 Å². The first kappa shape index (κ1) is 11.7. The van der Waals surface area contributed by atoms with Crippen LogP contribution in [0.2, 0.25) is 0 Å². The lowest BCUT2D eigenvalue weighted by atomic mass is 10.0. The highest BCUT2D eigenvalue weighted by Crippen LogP contribution is 2.29. The summed E-state index contributed by atoms with van der Waals surface area (Å²) in [7, 11) is 1.37. The van der Waals surface area contributed by atoms with Gasteiger partial charge in [-0.3, -0.25) is 14.9 Å². The molecule has 0 atom stereocenters. The normalized spacial score (nSPS) is 9.25. The zero-order valence-electron chi connectivity index (χ0n) is 8.47. The van der Waals surface area contributed by atoms with E-state index in [1.165, 1.54) is 19.2 Å². The second-order valence-electron chi connectivity index (χ2n) is 2.89. The van der Waals surface area contributed by atoms with Gasteiger partial charge in [-0.2, -0.15) is 5.26 Å². The zero-order chi connectivity index (χ0) is 12.1. The molecule has 16 heavy (non-hydrogen) atoms. The van der Waals surface area contributed by atoms with Gasteiger partial charge in [-0.1, -0.05) is 0 Å². The van der Waals surface area contributed by atoms with Crippen molar-refractivity contribution in [3.63, 3.8) is 0 Å². The Hall–Kier alpha value is -2.42. The fourth-order valence-corrected chi connectivity index (χ4v) is 1.38. The molecule has 0 aromatic heterocycles. The number of benzene rings is 1. The van der Waals surface area contributed by atoms with E-state index >= 15 is 0 Å². The van der Waals surface area contributed by atoms with Gasteiger partial charge in [-0.05, 0) is 6.07 Å². The van der Waals surface area contributed by atoms with Gasteiger partial charge in [-0.25, -0.2) is 0 Å². The fraction of sp³-hybridized carbons (Fsp3) is 0.200. The van der Waals surface area contributed by atoms with E-state index in [4.69, 9.17) is 10.00 Å². The Morgan fingerprint density at radius 1 is 1.62 bits per heavy atom. The van der Waals surface area contributed by atoms with E-state index < -0.39 is 4.92 Å². The standard InChI is InChI=1S/C10H8N2O4/c1-16-10-3-2-9(12(14)15)8(6-13)7(10)4-5-11/h2-3,6H,4H2,1H3. The number of aldehydes is 1. The molecule has 1 aromatic rings. The summed E-state index contributed by atoms with van der Waals surface area (Å²) in [6.45, 7) is 0. The van der Waals surface area contributed by atoms with Crippen LogP contribution in [0.4, 0.5) is 5.69 Å². The highest BCUT2D eigenvalue weighted by Gasteiger charge is 2.20. The average molecular weight is 220 g/mol. The minimum absolute atomic E-state index is 0.106. The van der Waals surface area contributed by atoms with Crippen LogP contribution < -0.4 is 4.74 Å². The number of hydrogen-bond donors (Lipinski definition) is 0. The van der Waals surface area contributed by atoms with Gasteiger partial charge < -0.3 is 4.74 Å². The molecule has 1 rings (SSSR count). The van der Waals surface area contributed by atoms with Crippen molar-refractivity contribution in [3.8, 4) is 11.8 Å². The van der Waals surface area contributed by atoms with Gasteiger partial charge in [0.2, 0.25) is 0 Å². The number of methoxy groups -OCH3 is 1. The summed E-state index contributed by atoms with van der Waals surface area (Å²) in [5.41, 5.74) is -0.179. The zero-order valence-corrected chi connectivity index (χ0v) is 8.47. The molecule has 1 aromatic carbocycles. The van der Waals surface area contributed by atoms with Crippen molar-refractivity contribution in [2.24, 2.45) is 0 Å². The van der Waals surface area contributed by atoms with Gasteiger partial charge in [-0.15, -0.1) is 0 Å². The molecule has 82 valence electrons. The lowest BCUT2D eigenvalue weighted by Gasteiger charge is -2.07. The molecular formula is C10H8N2O4. The second-order valence-corrected chi connectivity index (χ2v) is 2.89. The Bertz CT molecular complexity index is 476. The second kappa shape index (κ2) is 4.89. The van der Waals surface area contributed by atoms with E-state index in [0.29, 0.717) is 12.0 Å². The Labute approximate surface area is 91.2 Å². The maximum atomic E-state index is 10.8. The first-order valence-electron chi connectivity index (χ1n) is 4.32. The van der Waals surface area contributed by atoms with Crippen molar-refractivity contribution in [2.45, 2.75) is 6.42 Å². The number of nitrogens with zero attached hydrogens (tertiary/aromatic N) is 2. The molecule has 0 bridgehead atoms. The monoisotopic (exact) mass is 220 g/mol. The molecule has 0 N–H and O–H groups in total.